The topological polar surface area (TPSA) is 42.0 Å². The number of thiophene rings is 1. The summed E-state index contributed by atoms with van der Waals surface area (Å²) in [5, 5.41) is 5.16. The Hall–Kier alpha value is -1.39. The molecule has 0 radical (unpaired) electrons. The van der Waals surface area contributed by atoms with E-state index in [-0.39, 0.29) is 5.91 Å². The molecule has 0 unspecified atom stereocenters. The zero-order valence-corrected chi connectivity index (χ0v) is 11.0. The lowest BCUT2D eigenvalue weighted by molar-refractivity contribution is 0.103. The minimum atomic E-state index is -0.110. The SMILES string of the molecule is Cc1cc(NC(=O)c2sccc2C)cnc1Cl. The van der Waals surface area contributed by atoms with Crippen molar-refractivity contribution in [2.45, 2.75) is 13.8 Å². The van der Waals surface area contributed by atoms with E-state index in [9.17, 15) is 4.79 Å². The number of nitrogens with zero attached hydrogens (tertiary/aromatic N) is 1. The van der Waals surface area contributed by atoms with Gasteiger partial charge in [-0.15, -0.1) is 11.3 Å². The summed E-state index contributed by atoms with van der Waals surface area (Å²) >= 11 is 7.25. The Morgan fingerprint density at radius 2 is 2.18 bits per heavy atom. The first-order valence-corrected chi connectivity index (χ1v) is 6.31. The number of hydrogen-bond acceptors (Lipinski definition) is 3. The van der Waals surface area contributed by atoms with E-state index in [2.05, 4.69) is 10.3 Å². The number of carbonyl (C=O) groups is 1. The van der Waals surface area contributed by atoms with E-state index in [1.165, 1.54) is 11.3 Å². The molecule has 0 aliphatic rings. The van der Waals surface area contributed by atoms with Crippen LogP contribution in [-0.4, -0.2) is 10.9 Å². The minimum absolute atomic E-state index is 0.110. The van der Waals surface area contributed by atoms with Crippen LogP contribution in [0.1, 0.15) is 20.8 Å². The summed E-state index contributed by atoms with van der Waals surface area (Å²) in [6.45, 7) is 3.76. The van der Waals surface area contributed by atoms with E-state index in [0.717, 1.165) is 16.0 Å². The van der Waals surface area contributed by atoms with Crippen LogP contribution in [0.2, 0.25) is 5.15 Å². The highest BCUT2D eigenvalue weighted by Crippen LogP contribution is 2.20. The van der Waals surface area contributed by atoms with E-state index in [4.69, 9.17) is 11.6 Å². The van der Waals surface area contributed by atoms with E-state index >= 15 is 0 Å². The molecule has 17 heavy (non-hydrogen) atoms. The predicted octanol–water partition coefficient (Wildman–Crippen LogP) is 3.67. The lowest BCUT2D eigenvalue weighted by Crippen LogP contribution is -2.11. The fraction of sp³-hybridized carbons (Fsp3) is 0.167. The maximum absolute atomic E-state index is 11.9. The van der Waals surface area contributed by atoms with E-state index < -0.39 is 0 Å². The fourth-order valence-electron chi connectivity index (χ4n) is 1.42. The van der Waals surface area contributed by atoms with Gasteiger partial charge in [0.05, 0.1) is 16.8 Å². The molecule has 0 aromatic carbocycles. The zero-order valence-electron chi connectivity index (χ0n) is 9.45. The maximum atomic E-state index is 11.9. The van der Waals surface area contributed by atoms with Crippen LogP contribution in [0.3, 0.4) is 0 Å². The Labute approximate surface area is 108 Å². The number of rotatable bonds is 2. The number of halogens is 1. The molecule has 0 atom stereocenters. The molecule has 3 nitrogen and oxygen atoms in total. The molecule has 2 aromatic rings. The third kappa shape index (κ3) is 2.65. The number of nitrogens with one attached hydrogen (secondary N) is 1. The molecule has 5 heteroatoms. The summed E-state index contributed by atoms with van der Waals surface area (Å²) < 4.78 is 0. The molecule has 0 aliphatic heterocycles. The van der Waals surface area contributed by atoms with Crippen LogP contribution < -0.4 is 5.32 Å². The summed E-state index contributed by atoms with van der Waals surface area (Å²) in [6.07, 6.45) is 1.55. The number of anilines is 1. The van der Waals surface area contributed by atoms with Gasteiger partial charge in [-0.1, -0.05) is 11.6 Å². The molecule has 0 saturated heterocycles. The molecule has 0 aliphatic carbocycles. The lowest BCUT2D eigenvalue weighted by Gasteiger charge is -2.05. The van der Waals surface area contributed by atoms with Crippen molar-refractivity contribution in [3.63, 3.8) is 0 Å². The lowest BCUT2D eigenvalue weighted by atomic mass is 10.2. The third-order valence-electron chi connectivity index (χ3n) is 2.34. The highest BCUT2D eigenvalue weighted by atomic mass is 35.5. The third-order valence-corrected chi connectivity index (χ3v) is 3.75. The van der Waals surface area contributed by atoms with Crippen molar-refractivity contribution in [2.24, 2.45) is 0 Å². The Bertz CT molecular complexity index is 565. The van der Waals surface area contributed by atoms with Crippen molar-refractivity contribution in [3.05, 3.63) is 44.9 Å². The standard InChI is InChI=1S/C12H11ClN2OS/c1-7-3-4-17-10(7)12(16)15-9-5-8(2)11(13)14-6-9/h3-6H,1-2H3,(H,15,16). The quantitative estimate of drug-likeness (QED) is 0.843. The minimum Gasteiger partial charge on any atom is -0.320 e. The molecule has 0 bridgehead atoms. The monoisotopic (exact) mass is 266 g/mol. The van der Waals surface area contributed by atoms with Crippen molar-refractivity contribution < 1.29 is 4.79 Å². The van der Waals surface area contributed by atoms with Gasteiger partial charge in [0, 0.05) is 0 Å². The van der Waals surface area contributed by atoms with Crippen molar-refractivity contribution in [1.82, 2.24) is 4.98 Å². The van der Waals surface area contributed by atoms with Gasteiger partial charge in [0.25, 0.3) is 5.91 Å². The van der Waals surface area contributed by atoms with E-state index in [0.29, 0.717) is 10.8 Å². The number of hydrogen-bond donors (Lipinski definition) is 1. The zero-order chi connectivity index (χ0) is 12.4. The van der Waals surface area contributed by atoms with Crippen molar-refractivity contribution in [3.8, 4) is 0 Å². The van der Waals surface area contributed by atoms with Gasteiger partial charge in [0.2, 0.25) is 0 Å². The number of carbonyl (C=O) groups excluding carboxylic acids is 1. The molecule has 2 aromatic heterocycles. The van der Waals surface area contributed by atoms with Gasteiger partial charge in [0.1, 0.15) is 5.15 Å². The Morgan fingerprint density at radius 3 is 2.76 bits per heavy atom. The average Bonchev–Trinajstić information content (AvgIpc) is 2.70. The van der Waals surface area contributed by atoms with E-state index in [1.54, 1.807) is 12.3 Å². The fourth-order valence-corrected chi connectivity index (χ4v) is 2.34. The van der Waals surface area contributed by atoms with Crippen molar-refractivity contribution in [2.75, 3.05) is 5.32 Å². The summed E-state index contributed by atoms with van der Waals surface area (Å²) in [4.78, 5) is 16.6. The molecular formula is C12H11ClN2OS. The second-order valence-electron chi connectivity index (χ2n) is 3.72. The smallest absolute Gasteiger partial charge is 0.266 e. The van der Waals surface area contributed by atoms with Gasteiger partial charge in [-0.05, 0) is 42.5 Å². The molecule has 1 amide bonds. The van der Waals surface area contributed by atoms with Gasteiger partial charge in [-0.25, -0.2) is 4.98 Å². The Kier molecular flexibility index (Phi) is 3.45. The normalized spacial score (nSPS) is 10.3. The van der Waals surface area contributed by atoms with Crippen molar-refractivity contribution >= 4 is 34.5 Å². The summed E-state index contributed by atoms with van der Waals surface area (Å²) in [6, 6.07) is 3.72. The Balaban J connectivity index is 2.19. The first kappa shape index (κ1) is 12.1. The second-order valence-corrected chi connectivity index (χ2v) is 4.99. The van der Waals surface area contributed by atoms with Gasteiger partial charge < -0.3 is 5.32 Å². The number of pyridine rings is 1. The van der Waals surface area contributed by atoms with Crippen LogP contribution >= 0.6 is 22.9 Å². The van der Waals surface area contributed by atoms with Crippen LogP contribution in [0.5, 0.6) is 0 Å². The Morgan fingerprint density at radius 1 is 1.41 bits per heavy atom. The van der Waals surface area contributed by atoms with Crippen LogP contribution in [0, 0.1) is 13.8 Å². The number of amides is 1. The first-order chi connectivity index (χ1) is 8.08. The molecule has 2 heterocycles. The molecule has 0 saturated carbocycles. The molecule has 1 N–H and O–H groups in total. The number of aromatic nitrogens is 1. The molecule has 88 valence electrons. The predicted molar refractivity (Wildman–Crippen MR) is 71.0 cm³/mol. The average molecular weight is 267 g/mol. The molecule has 0 spiro atoms. The van der Waals surface area contributed by atoms with Crippen LogP contribution in [-0.2, 0) is 0 Å². The molecule has 0 fully saturated rings. The largest absolute Gasteiger partial charge is 0.320 e. The molecular weight excluding hydrogens is 256 g/mol. The van der Waals surface area contributed by atoms with Crippen LogP contribution in [0.4, 0.5) is 5.69 Å². The van der Waals surface area contributed by atoms with Gasteiger partial charge in [-0.2, -0.15) is 0 Å². The summed E-state index contributed by atoms with van der Waals surface area (Å²) in [5.74, 6) is -0.110. The van der Waals surface area contributed by atoms with Gasteiger partial charge in [0.15, 0.2) is 0 Å². The highest BCUT2D eigenvalue weighted by Gasteiger charge is 2.11. The van der Waals surface area contributed by atoms with E-state index in [1.807, 2.05) is 25.3 Å². The van der Waals surface area contributed by atoms with Crippen LogP contribution in [0.15, 0.2) is 23.7 Å². The first-order valence-electron chi connectivity index (χ1n) is 5.05. The maximum Gasteiger partial charge on any atom is 0.266 e. The highest BCUT2D eigenvalue weighted by molar-refractivity contribution is 7.12. The second kappa shape index (κ2) is 4.85. The molecule has 2 rings (SSSR count). The summed E-state index contributed by atoms with van der Waals surface area (Å²) in [5.41, 5.74) is 2.48. The van der Waals surface area contributed by atoms with Gasteiger partial charge in [-0.3, -0.25) is 4.79 Å². The van der Waals surface area contributed by atoms with Crippen LogP contribution in [0.25, 0.3) is 0 Å². The van der Waals surface area contributed by atoms with Crippen molar-refractivity contribution in [1.29, 1.82) is 0 Å². The van der Waals surface area contributed by atoms with Gasteiger partial charge >= 0.3 is 0 Å². The number of aryl methyl sites for hydroxylation is 2. The summed E-state index contributed by atoms with van der Waals surface area (Å²) in [7, 11) is 0.